The summed E-state index contributed by atoms with van der Waals surface area (Å²) in [6, 6.07) is 8.16. The van der Waals surface area contributed by atoms with Gasteiger partial charge in [0.1, 0.15) is 0 Å². The molecule has 1 heterocycles. The van der Waals surface area contributed by atoms with Gasteiger partial charge in [0.15, 0.2) is 0 Å². The van der Waals surface area contributed by atoms with E-state index in [1.165, 1.54) is 13.0 Å². The monoisotopic (exact) mass is 221 g/mol. The fraction of sp³-hybridized carbons (Fsp3) is 0.0909. The molecule has 15 heavy (non-hydrogen) atoms. The lowest BCUT2D eigenvalue weighted by atomic mass is 10.2. The molecule has 0 unspecified atom stereocenters. The third-order valence-electron chi connectivity index (χ3n) is 2.17. The van der Waals surface area contributed by atoms with Gasteiger partial charge >= 0.3 is 0 Å². The average molecular weight is 222 g/mol. The minimum atomic E-state index is -0.306. The first kappa shape index (κ1) is 9.93. The van der Waals surface area contributed by atoms with Crippen LogP contribution >= 0.6 is 11.6 Å². The molecule has 0 aromatic rings. The Morgan fingerprint density at radius 2 is 1.93 bits per heavy atom. The first-order valence-electron chi connectivity index (χ1n) is 4.42. The van der Waals surface area contributed by atoms with Crippen molar-refractivity contribution in [3.63, 3.8) is 0 Å². The minimum Gasteiger partial charge on any atom is -0.274 e. The van der Waals surface area contributed by atoms with E-state index in [1.54, 1.807) is 24.3 Å². The molecule has 0 aromatic heterocycles. The molecule has 2 rings (SSSR count). The molecule has 0 aromatic carbocycles. The first-order valence-corrected chi connectivity index (χ1v) is 4.79. The standard InChI is InChI=1S/C11H8ClNO2/c1-7(14)13-10-5-4-9(12)3-2-8(10)6-11(13)15/h2-6H,1H3. The molecule has 0 N–H and O–H groups in total. The topological polar surface area (TPSA) is 39.1 Å². The predicted molar refractivity (Wildman–Crippen MR) is 58.6 cm³/mol. The van der Waals surface area contributed by atoms with Crippen molar-refractivity contribution in [1.29, 1.82) is 0 Å². The maximum Gasteiger partial charge on any atom is 0.258 e. The van der Waals surface area contributed by atoms with Crippen molar-refractivity contribution in [1.82, 2.24) is 4.57 Å². The van der Waals surface area contributed by atoms with E-state index in [-0.39, 0.29) is 11.5 Å². The zero-order valence-electron chi connectivity index (χ0n) is 8.03. The molecule has 2 aliphatic rings. The van der Waals surface area contributed by atoms with Gasteiger partial charge in [-0.1, -0.05) is 17.7 Å². The summed E-state index contributed by atoms with van der Waals surface area (Å²) in [5.74, 6) is -0.294. The molecule has 0 saturated carbocycles. The molecule has 0 radical (unpaired) electrons. The molecule has 4 heteroatoms. The van der Waals surface area contributed by atoms with E-state index in [0.29, 0.717) is 16.3 Å². The van der Waals surface area contributed by atoms with Crippen molar-refractivity contribution in [2.24, 2.45) is 0 Å². The van der Waals surface area contributed by atoms with Gasteiger partial charge in [-0.3, -0.25) is 9.59 Å². The van der Waals surface area contributed by atoms with E-state index in [9.17, 15) is 9.59 Å². The molecule has 0 spiro atoms. The Morgan fingerprint density at radius 3 is 2.60 bits per heavy atom. The van der Waals surface area contributed by atoms with E-state index >= 15 is 0 Å². The molecular formula is C11H8ClNO2. The van der Waals surface area contributed by atoms with Crippen molar-refractivity contribution in [3.8, 4) is 11.3 Å². The van der Waals surface area contributed by atoms with Crippen LogP contribution in [0.2, 0.25) is 5.02 Å². The number of hydrogen-bond acceptors (Lipinski definition) is 2. The number of rotatable bonds is 0. The van der Waals surface area contributed by atoms with Crippen LogP contribution in [0.5, 0.6) is 0 Å². The molecule has 1 aliphatic carbocycles. The number of hydrogen-bond donors (Lipinski definition) is 0. The zero-order valence-corrected chi connectivity index (χ0v) is 8.78. The van der Waals surface area contributed by atoms with Crippen LogP contribution in [0.1, 0.15) is 11.7 Å². The van der Waals surface area contributed by atoms with Crippen molar-refractivity contribution < 1.29 is 4.79 Å². The fourth-order valence-corrected chi connectivity index (χ4v) is 1.66. The highest BCUT2D eigenvalue weighted by Gasteiger charge is 2.13. The van der Waals surface area contributed by atoms with Crippen LogP contribution in [-0.2, 0) is 0 Å². The molecule has 0 bridgehead atoms. The Bertz CT molecular complexity index is 559. The third-order valence-corrected chi connectivity index (χ3v) is 2.43. The smallest absolute Gasteiger partial charge is 0.258 e. The summed E-state index contributed by atoms with van der Waals surface area (Å²) in [7, 11) is 0. The molecule has 76 valence electrons. The van der Waals surface area contributed by atoms with Gasteiger partial charge in [0.05, 0.1) is 5.69 Å². The van der Waals surface area contributed by atoms with Gasteiger partial charge in [-0.2, -0.15) is 0 Å². The second-order valence-electron chi connectivity index (χ2n) is 3.23. The second-order valence-corrected chi connectivity index (χ2v) is 3.67. The summed E-state index contributed by atoms with van der Waals surface area (Å²) < 4.78 is 1.13. The van der Waals surface area contributed by atoms with E-state index < -0.39 is 0 Å². The van der Waals surface area contributed by atoms with Crippen LogP contribution in [-0.4, -0.2) is 10.5 Å². The maximum absolute atomic E-state index is 11.5. The van der Waals surface area contributed by atoms with Gasteiger partial charge in [0.25, 0.3) is 5.56 Å². The Hall–Kier alpha value is -1.61. The van der Waals surface area contributed by atoms with Crippen LogP contribution in [0, 0.1) is 0 Å². The Labute approximate surface area is 91.3 Å². The van der Waals surface area contributed by atoms with Crippen molar-refractivity contribution >= 4 is 17.5 Å². The summed E-state index contributed by atoms with van der Waals surface area (Å²) in [4.78, 5) is 22.7. The molecule has 3 nitrogen and oxygen atoms in total. The van der Waals surface area contributed by atoms with Gasteiger partial charge in [-0.15, -0.1) is 0 Å². The van der Waals surface area contributed by atoms with Gasteiger partial charge in [-0.25, -0.2) is 4.57 Å². The van der Waals surface area contributed by atoms with Crippen molar-refractivity contribution in [2.45, 2.75) is 6.92 Å². The van der Waals surface area contributed by atoms with Gasteiger partial charge < -0.3 is 0 Å². The van der Waals surface area contributed by atoms with Crippen LogP contribution in [0.4, 0.5) is 0 Å². The average Bonchev–Trinajstić information content (AvgIpc) is 2.38. The fourth-order valence-electron chi connectivity index (χ4n) is 1.53. The zero-order chi connectivity index (χ0) is 11.0. The molecule has 1 aliphatic heterocycles. The summed E-state index contributed by atoms with van der Waals surface area (Å²) in [5.41, 5.74) is 0.987. The Morgan fingerprint density at radius 1 is 1.27 bits per heavy atom. The minimum absolute atomic E-state index is 0.294. The van der Waals surface area contributed by atoms with Crippen LogP contribution in [0.25, 0.3) is 11.3 Å². The highest BCUT2D eigenvalue weighted by Crippen LogP contribution is 2.21. The van der Waals surface area contributed by atoms with Gasteiger partial charge in [0.2, 0.25) is 5.91 Å². The summed E-state index contributed by atoms with van der Waals surface area (Å²) in [6.45, 7) is 1.36. The Kier molecular flexibility index (Phi) is 2.32. The molecule has 0 amide bonds. The first-order chi connectivity index (χ1) is 7.09. The lowest BCUT2D eigenvalue weighted by Gasteiger charge is -1.98. The highest BCUT2D eigenvalue weighted by molar-refractivity contribution is 6.30. The summed E-state index contributed by atoms with van der Waals surface area (Å²) in [6.07, 6.45) is 0. The van der Waals surface area contributed by atoms with Crippen LogP contribution in [0.3, 0.4) is 0 Å². The largest absolute Gasteiger partial charge is 0.274 e. The van der Waals surface area contributed by atoms with E-state index in [4.69, 9.17) is 11.6 Å². The number of nitrogens with zero attached hydrogens (tertiary/aromatic N) is 1. The summed E-state index contributed by atoms with van der Waals surface area (Å²) in [5, 5.41) is 0.564. The second kappa shape index (κ2) is 3.51. The van der Waals surface area contributed by atoms with Gasteiger partial charge in [-0.05, 0) is 18.2 Å². The lowest BCUT2D eigenvalue weighted by Crippen LogP contribution is -2.19. The number of carbonyl (C=O) groups is 1. The van der Waals surface area contributed by atoms with E-state index in [2.05, 4.69) is 0 Å². The van der Waals surface area contributed by atoms with Gasteiger partial charge in [0, 0.05) is 23.6 Å². The number of carbonyl (C=O) groups excluding carboxylic acids is 1. The van der Waals surface area contributed by atoms with Crippen LogP contribution < -0.4 is 5.56 Å². The highest BCUT2D eigenvalue weighted by atomic mass is 35.5. The molecule has 0 saturated heterocycles. The lowest BCUT2D eigenvalue weighted by molar-refractivity contribution is 0.0935. The summed E-state index contributed by atoms with van der Waals surface area (Å²) >= 11 is 5.81. The van der Waals surface area contributed by atoms with Crippen LogP contribution in [0.15, 0.2) is 35.1 Å². The molecular weight excluding hydrogens is 214 g/mol. The SMILES string of the molecule is CC(=O)n1c2ccc(Cl)ccc-2cc1=O. The van der Waals surface area contributed by atoms with E-state index in [1.807, 2.05) is 0 Å². The molecule has 0 fully saturated rings. The predicted octanol–water partition coefficient (Wildman–Crippen LogP) is 2.27. The number of fused-ring (bicyclic) bond motifs is 1. The van der Waals surface area contributed by atoms with E-state index in [0.717, 1.165) is 4.57 Å². The van der Waals surface area contributed by atoms with Crippen molar-refractivity contribution in [2.75, 3.05) is 0 Å². The van der Waals surface area contributed by atoms with Crippen molar-refractivity contribution in [3.05, 3.63) is 45.7 Å². The third kappa shape index (κ3) is 1.66. The Balaban J connectivity index is 2.83. The maximum atomic E-state index is 11.5. The molecule has 0 atom stereocenters. The number of aromatic nitrogens is 1. The quantitative estimate of drug-likeness (QED) is 0.685. The normalized spacial score (nSPS) is 10.5. The number of halogens is 1.